The summed E-state index contributed by atoms with van der Waals surface area (Å²) >= 11 is 0. The van der Waals surface area contributed by atoms with Crippen molar-refractivity contribution in [2.75, 3.05) is 40.4 Å². The zero-order chi connectivity index (χ0) is 15.4. The van der Waals surface area contributed by atoms with Gasteiger partial charge in [-0.1, -0.05) is 40.0 Å². The largest absolute Gasteiger partial charge is 0.389 e. The maximum Gasteiger partial charge on any atom is 0.0897 e. The summed E-state index contributed by atoms with van der Waals surface area (Å²) in [7, 11) is 4.15. The van der Waals surface area contributed by atoms with E-state index in [-0.39, 0.29) is 0 Å². The summed E-state index contributed by atoms with van der Waals surface area (Å²) in [6.45, 7) is 9.41. The molecule has 0 saturated carbocycles. The fourth-order valence-electron chi connectivity index (χ4n) is 2.10. The van der Waals surface area contributed by atoms with E-state index in [1.807, 2.05) is 0 Å². The average Bonchev–Trinajstić information content (AvgIpc) is 2.37. The minimum absolute atomic E-state index is 0.407. The van der Waals surface area contributed by atoms with Crippen molar-refractivity contribution in [3.63, 3.8) is 0 Å². The highest BCUT2D eigenvalue weighted by molar-refractivity contribution is 4.74. The molecule has 0 aromatic heterocycles. The van der Waals surface area contributed by atoms with Crippen molar-refractivity contribution < 1.29 is 9.84 Å². The first-order chi connectivity index (χ1) is 9.47. The average molecular weight is 288 g/mol. The van der Waals surface area contributed by atoms with Crippen molar-refractivity contribution in [1.82, 2.24) is 10.2 Å². The molecule has 0 rings (SSSR count). The highest BCUT2D eigenvalue weighted by Crippen LogP contribution is 2.03. The Hall–Kier alpha value is -0.160. The van der Waals surface area contributed by atoms with Crippen LogP contribution in [0.1, 0.15) is 46.5 Å². The SMILES string of the molecule is CCCCCCOCC(O)CNC(CN(C)C)C(C)C. The molecular formula is C16H36N2O2. The topological polar surface area (TPSA) is 44.7 Å². The molecule has 0 fully saturated rings. The van der Waals surface area contributed by atoms with E-state index in [2.05, 4.69) is 45.1 Å². The molecule has 2 unspecified atom stereocenters. The number of likely N-dealkylation sites (N-methyl/N-ethyl adjacent to an activating group) is 1. The van der Waals surface area contributed by atoms with E-state index in [4.69, 9.17) is 4.74 Å². The molecule has 0 heterocycles. The molecule has 122 valence electrons. The van der Waals surface area contributed by atoms with Crippen LogP contribution in [0.2, 0.25) is 0 Å². The Kier molecular flexibility index (Phi) is 12.5. The van der Waals surface area contributed by atoms with E-state index < -0.39 is 6.10 Å². The molecule has 0 spiro atoms. The number of rotatable bonds is 13. The highest BCUT2D eigenvalue weighted by Gasteiger charge is 2.15. The maximum absolute atomic E-state index is 9.92. The van der Waals surface area contributed by atoms with Gasteiger partial charge in [0.2, 0.25) is 0 Å². The lowest BCUT2D eigenvalue weighted by Gasteiger charge is -2.26. The Balaban J connectivity index is 3.65. The third kappa shape index (κ3) is 11.6. The molecular weight excluding hydrogens is 252 g/mol. The number of hydrogen-bond donors (Lipinski definition) is 2. The molecule has 4 nitrogen and oxygen atoms in total. The molecule has 2 N–H and O–H groups in total. The van der Waals surface area contributed by atoms with Crippen LogP contribution in [0.5, 0.6) is 0 Å². The number of unbranched alkanes of at least 4 members (excludes halogenated alkanes) is 3. The second kappa shape index (κ2) is 12.6. The van der Waals surface area contributed by atoms with E-state index in [0.717, 1.165) is 19.6 Å². The minimum atomic E-state index is -0.412. The molecule has 0 aromatic rings. The van der Waals surface area contributed by atoms with Crippen LogP contribution >= 0.6 is 0 Å². The predicted octanol–water partition coefficient (Wildman–Crippen LogP) is 2.12. The van der Waals surface area contributed by atoms with Crippen LogP contribution in [0.25, 0.3) is 0 Å². The third-order valence-corrected chi connectivity index (χ3v) is 3.43. The van der Waals surface area contributed by atoms with Gasteiger partial charge >= 0.3 is 0 Å². The first kappa shape index (κ1) is 19.8. The number of nitrogens with one attached hydrogen (secondary N) is 1. The van der Waals surface area contributed by atoms with Gasteiger partial charge in [-0.25, -0.2) is 0 Å². The van der Waals surface area contributed by atoms with E-state index in [1.165, 1.54) is 19.3 Å². The van der Waals surface area contributed by atoms with Crippen LogP contribution in [-0.4, -0.2) is 62.6 Å². The number of nitrogens with zero attached hydrogens (tertiary/aromatic N) is 1. The van der Waals surface area contributed by atoms with Gasteiger partial charge in [-0.05, 0) is 26.4 Å². The Morgan fingerprint density at radius 1 is 1.15 bits per heavy atom. The maximum atomic E-state index is 9.92. The molecule has 0 radical (unpaired) electrons. The molecule has 0 aliphatic carbocycles. The molecule has 4 heteroatoms. The van der Waals surface area contributed by atoms with E-state index >= 15 is 0 Å². The van der Waals surface area contributed by atoms with Crippen LogP contribution in [0.15, 0.2) is 0 Å². The summed E-state index contributed by atoms with van der Waals surface area (Å²) in [5.41, 5.74) is 0. The van der Waals surface area contributed by atoms with Crippen LogP contribution in [0.3, 0.4) is 0 Å². The van der Waals surface area contributed by atoms with Gasteiger partial charge < -0.3 is 20.1 Å². The van der Waals surface area contributed by atoms with Crippen molar-refractivity contribution >= 4 is 0 Å². The number of aliphatic hydroxyl groups is 1. The Morgan fingerprint density at radius 2 is 1.85 bits per heavy atom. The predicted molar refractivity (Wildman–Crippen MR) is 86.2 cm³/mol. The molecule has 0 aliphatic heterocycles. The van der Waals surface area contributed by atoms with Crippen LogP contribution < -0.4 is 5.32 Å². The summed E-state index contributed by atoms with van der Waals surface area (Å²) in [5.74, 6) is 0.555. The number of ether oxygens (including phenoxy) is 1. The molecule has 0 bridgehead atoms. The van der Waals surface area contributed by atoms with Crippen LogP contribution in [-0.2, 0) is 4.74 Å². The van der Waals surface area contributed by atoms with Crippen molar-refractivity contribution in [3.8, 4) is 0 Å². The lowest BCUT2D eigenvalue weighted by Crippen LogP contribution is -2.45. The minimum Gasteiger partial charge on any atom is -0.389 e. The van der Waals surface area contributed by atoms with Crippen molar-refractivity contribution in [3.05, 3.63) is 0 Å². The van der Waals surface area contributed by atoms with Crippen molar-refractivity contribution in [2.24, 2.45) is 5.92 Å². The smallest absolute Gasteiger partial charge is 0.0897 e. The number of hydrogen-bond acceptors (Lipinski definition) is 4. The van der Waals surface area contributed by atoms with Crippen LogP contribution in [0.4, 0.5) is 0 Å². The Morgan fingerprint density at radius 3 is 2.40 bits per heavy atom. The zero-order valence-electron chi connectivity index (χ0n) is 14.2. The normalized spacial score (nSPS) is 15.0. The van der Waals surface area contributed by atoms with Crippen LogP contribution in [0, 0.1) is 5.92 Å². The summed E-state index contributed by atoms with van der Waals surface area (Å²) in [4.78, 5) is 2.17. The molecule has 0 saturated heterocycles. The number of aliphatic hydroxyl groups excluding tert-OH is 1. The second-order valence-electron chi connectivity index (χ2n) is 6.31. The highest BCUT2D eigenvalue weighted by atomic mass is 16.5. The summed E-state index contributed by atoms with van der Waals surface area (Å²) in [5, 5.41) is 13.4. The van der Waals surface area contributed by atoms with Gasteiger partial charge in [-0.2, -0.15) is 0 Å². The lowest BCUT2D eigenvalue weighted by molar-refractivity contribution is 0.0328. The van der Waals surface area contributed by atoms with Gasteiger partial charge in [0.05, 0.1) is 12.7 Å². The van der Waals surface area contributed by atoms with Gasteiger partial charge in [0.15, 0.2) is 0 Å². The Labute approximate surface area is 125 Å². The first-order valence-electron chi connectivity index (χ1n) is 8.11. The molecule has 0 aromatic carbocycles. The van der Waals surface area contributed by atoms with Gasteiger partial charge in [0.1, 0.15) is 0 Å². The van der Waals surface area contributed by atoms with E-state index in [1.54, 1.807) is 0 Å². The summed E-state index contributed by atoms with van der Waals surface area (Å²) in [6, 6.07) is 0.407. The molecule has 0 aliphatic rings. The van der Waals surface area contributed by atoms with Crippen molar-refractivity contribution in [1.29, 1.82) is 0 Å². The first-order valence-corrected chi connectivity index (χ1v) is 8.11. The monoisotopic (exact) mass is 288 g/mol. The van der Waals surface area contributed by atoms with E-state index in [0.29, 0.717) is 25.1 Å². The van der Waals surface area contributed by atoms with E-state index in [9.17, 15) is 5.11 Å². The Bertz CT molecular complexity index is 211. The van der Waals surface area contributed by atoms with Gasteiger partial charge in [-0.3, -0.25) is 0 Å². The quantitative estimate of drug-likeness (QED) is 0.510. The molecule has 0 amide bonds. The summed E-state index contributed by atoms with van der Waals surface area (Å²) < 4.78 is 5.52. The van der Waals surface area contributed by atoms with Gasteiger partial charge in [-0.15, -0.1) is 0 Å². The molecule has 2 atom stereocenters. The third-order valence-electron chi connectivity index (χ3n) is 3.43. The van der Waals surface area contributed by atoms with Gasteiger partial charge in [0.25, 0.3) is 0 Å². The fourth-order valence-corrected chi connectivity index (χ4v) is 2.10. The molecule has 20 heavy (non-hydrogen) atoms. The van der Waals surface area contributed by atoms with Gasteiger partial charge in [0, 0.05) is 25.7 Å². The fraction of sp³-hybridized carbons (Fsp3) is 1.00. The second-order valence-corrected chi connectivity index (χ2v) is 6.31. The lowest BCUT2D eigenvalue weighted by atomic mass is 10.0. The standard InChI is InChI=1S/C16H36N2O2/c1-6-7-8-9-10-20-13-15(19)11-17-16(14(2)3)12-18(4)5/h14-17,19H,6-13H2,1-5H3. The van der Waals surface area contributed by atoms with Crippen molar-refractivity contribution in [2.45, 2.75) is 58.6 Å². The zero-order valence-corrected chi connectivity index (χ0v) is 14.2. The summed E-state index contributed by atoms with van der Waals surface area (Å²) in [6.07, 6.45) is 4.43.